The predicted octanol–water partition coefficient (Wildman–Crippen LogP) is 4.17. The van der Waals surface area contributed by atoms with Gasteiger partial charge < -0.3 is 14.8 Å². The molecule has 0 aliphatic carbocycles. The summed E-state index contributed by atoms with van der Waals surface area (Å²) in [6, 6.07) is 15.6. The summed E-state index contributed by atoms with van der Waals surface area (Å²) in [4.78, 5) is 9.12. The Hall–Kier alpha value is -3.61. The van der Waals surface area contributed by atoms with Crippen LogP contribution in [0.5, 0.6) is 11.5 Å². The van der Waals surface area contributed by atoms with Crippen LogP contribution in [0.2, 0.25) is 0 Å². The molecular weight excluding hydrogens is 354 g/mol. The van der Waals surface area contributed by atoms with Crippen molar-refractivity contribution in [2.24, 2.45) is 0 Å². The predicted molar refractivity (Wildman–Crippen MR) is 109 cm³/mol. The van der Waals surface area contributed by atoms with Crippen molar-refractivity contribution in [1.82, 2.24) is 19.6 Å². The van der Waals surface area contributed by atoms with Crippen molar-refractivity contribution in [3.8, 4) is 22.9 Å². The van der Waals surface area contributed by atoms with Crippen LogP contribution in [-0.4, -0.2) is 33.8 Å². The van der Waals surface area contributed by atoms with Crippen molar-refractivity contribution in [2.75, 3.05) is 19.5 Å². The Kier molecular flexibility index (Phi) is 4.57. The third-order valence-corrected chi connectivity index (χ3v) is 4.39. The summed E-state index contributed by atoms with van der Waals surface area (Å²) in [6.45, 7) is 3.97. The number of nitrogens with one attached hydrogen (secondary N) is 1. The summed E-state index contributed by atoms with van der Waals surface area (Å²) in [5, 5.41) is 8.04. The van der Waals surface area contributed by atoms with E-state index in [1.54, 1.807) is 18.7 Å². The lowest BCUT2D eigenvalue weighted by atomic mass is 10.1. The molecule has 142 valence electrons. The van der Waals surface area contributed by atoms with Crippen molar-refractivity contribution in [1.29, 1.82) is 0 Å². The fourth-order valence-corrected chi connectivity index (χ4v) is 3.02. The average Bonchev–Trinajstić information content (AvgIpc) is 3.12. The van der Waals surface area contributed by atoms with Crippen molar-refractivity contribution >= 4 is 17.3 Å². The van der Waals surface area contributed by atoms with Crippen molar-refractivity contribution < 1.29 is 9.47 Å². The molecule has 0 radical (unpaired) electrons. The molecule has 0 aliphatic heterocycles. The molecular formula is C21H21N5O2. The van der Waals surface area contributed by atoms with Gasteiger partial charge >= 0.3 is 0 Å². The van der Waals surface area contributed by atoms with Crippen LogP contribution in [0, 0.1) is 13.8 Å². The molecule has 0 saturated heterocycles. The van der Waals surface area contributed by atoms with Gasteiger partial charge in [-0.15, -0.1) is 5.10 Å². The van der Waals surface area contributed by atoms with Gasteiger partial charge in [0.05, 0.1) is 19.9 Å². The zero-order chi connectivity index (χ0) is 19.7. The van der Waals surface area contributed by atoms with Crippen molar-refractivity contribution in [3.05, 3.63) is 59.8 Å². The van der Waals surface area contributed by atoms with Crippen LogP contribution in [0.1, 0.15) is 11.3 Å². The van der Waals surface area contributed by atoms with Crippen LogP contribution in [0.4, 0.5) is 11.5 Å². The standard InChI is InChI=1S/C21H21N5O2/c1-13-6-5-7-15(10-13)20-24-21-22-14(2)11-19(26(21)25-20)23-17-9-8-16(27-3)12-18(17)28-4/h5-12,23H,1-4H3. The second kappa shape index (κ2) is 7.19. The van der Waals surface area contributed by atoms with E-state index in [4.69, 9.17) is 9.47 Å². The van der Waals surface area contributed by atoms with E-state index in [2.05, 4.69) is 26.4 Å². The maximum atomic E-state index is 5.49. The first-order valence-electron chi connectivity index (χ1n) is 8.88. The van der Waals surface area contributed by atoms with Crippen LogP contribution in [0.3, 0.4) is 0 Å². The molecule has 2 heterocycles. The molecule has 7 nitrogen and oxygen atoms in total. The van der Waals surface area contributed by atoms with Gasteiger partial charge in [0.25, 0.3) is 5.78 Å². The second-order valence-electron chi connectivity index (χ2n) is 6.49. The Balaban J connectivity index is 1.79. The lowest BCUT2D eigenvalue weighted by Gasteiger charge is -2.13. The zero-order valence-electron chi connectivity index (χ0n) is 16.2. The SMILES string of the molecule is COc1ccc(Nc2cc(C)nc3nc(-c4cccc(C)c4)nn23)c(OC)c1. The summed E-state index contributed by atoms with van der Waals surface area (Å²) in [6.07, 6.45) is 0. The molecule has 0 atom stereocenters. The molecule has 2 aromatic carbocycles. The number of anilines is 2. The second-order valence-corrected chi connectivity index (χ2v) is 6.49. The normalized spacial score (nSPS) is 10.9. The van der Waals surface area contributed by atoms with Gasteiger partial charge in [0.1, 0.15) is 17.3 Å². The highest BCUT2D eigenvalue weighted by Gasteiger charge is 2.13. The van der Waals surface area contributed by atoms with Gasteiger partial charge in [-0.1, -0.05) is 23.8 Å². The molecule has 7 heteroatoms. The minimum Gasteiger partial charge on any atom is -0.497 e. The topological polar surface area (TPSA) is 73.6 Å². The molecule has 0 amide bonds. The van der Waals surface area contributed by atoms with Crippen LogP contribution < -0.4 is 14.8 Å². The van der Waals surface area contributed by atoms with Crippen molar-refractivity contribution in [2.45, 2.75) is 13.8 Å². The largest absolute Gasteiger partial charge is 0.497 e. The molecule has 28 heavy (non-hydrogen) atoms. The summed E-state index contributed by atoms with van der Waals surface area (Å²) in [7, 11) is 3.25. The highest BCUT2D eigenvalue weighted by molar-refractivity contribution is 5.68. The van der Waals surface area contributed by atoms with E-state index in [9.17, 15) is 0 Å². The third-order valence-electron chi connectivity index (χ3n) is 4.39. The lowest BCUT2D eigenvalue weighted by Crippen LogP contribution is -2.04. The number of aromatic nitrogens is 4. The maximum absolute atomic E-state index is 5.49. The van der Waals surface area contributed by atoms with Crippen molar-refractivity contribution in [3.63, 3.8) is 0 Å². The van der Waals surface area contributed by atoms with Crippen LogP contribution in [0.15, 0.2) is 48.5 Å². The number of aryl methyl sites for hydroxylation is 2. The summed E-state index contributed by atoms with van der Waals surface area (Å²) >= 11 is 0. The van der Waals surface area contributed by atoms with Gasteiger partial charge in [0.15, 0.2) is 5.82 Å². The van der Waals surface area contributed by atoms with Gasteiger partial charge in [0, 0.05) is 23.4 Å². The smallest absolute Gasteiger partial charge is 0.254 e. The number of nitrogens with zero attached hydrogens (tertiary/aromatic N) is 4. The number of fused-ring (bicyclic) bond motifs is 1. The third kappa shape index (κ3) is 3.34. The van der Waals surface area contributed by atoms with Crippen LogP contribution in [-0.2, 0) is 0 Å². The van der Waals surface area contributed by atoms with E-state index in [1.807, 2.05) is 56.3 Å². The van der Waals surface area contributed by atoms with E-state index in [-0.39, 0.29) is 0 Å². The molecule has 0 bridgehead atoms. The number of hydrogen-bond acceptors (Lipinski definition) is 6. The van der Waals surface area contributed by atoms with E-state index >= 15 is 0 Å². The van der Waals surface area contributed by atoms with E-state index < -0.39 is 0 Å². The minimum absolute atomic E-state index is 0.534. The zero-order valence-corrected chi connectivity index (χ0v) is 16.2. The Morgan fingerprint density at radius 1 is 0.929 bits per heavy atom. The van der Waals surface area contributed by atoms with E-state index in [0.717, 1.165) is 34.1 Å². The lowest BCUT2D eigenvalue weighted by molar-refractivity contribution is 0.395. The summed E-state index contributed by atoms with van der Waals surface area (Å²) in [5.41, 5.74) is 3.74. The highest BCUT2D eigenvalue weighted by Crippen LogP contribution is 2.32. The molecule has 0 saturated carbocycles. The first kappa shape index (κ1) is 17.8. The first-order chi connectivity index (χ1) is 13.6. The van der Waals surface area contributed by atoms with Crippen LogP contribution >= 0.6 is 0 Å². The number of methoxy groups -OCH3 is 2. The number of rotatable bonds is 5. The van der Waals surface area contributed by atoms with E-state index in [1.165, 1.54) is 0 Å². The Morgan fingerprint density at radius 2 is 1.79 bits per heavy atom. The Bertz CT molecular complexity index is 1150. The summed E-state index contributed by atoms with van der Waals surface area (Å²) < 4.78 is 12.5. The average molecular weight is 375 g/mol. The molecule has 1 N–H and O–H groups in total. The maximum Gasteiger partial charge on any atom is 0.254 e. The van der Waals surface area contributed by atoms with Gasteiger partial charge in [-0.25, -0.2) is 4.98 Å². The minimum atomic E-state index is 0.534. The molecule has 4 rings (SSSR count). The molecule has 0 fully saturated rings. The number of hydrogen-bond donors (Lipinski definition) is 1. The van der Waals surface area contributed by atoms with Gasteiger partial charge in [0.2, 0.25) is 0 Å². The summed E-state index contributed by atoms with van der Waals surface area (Å²) in [5.74, 6) is 3.30. The van der Waals surface area contributed by atoms with Gasteiger partial charge in [-0.2, -0.15) is 9.50 Å². The molecule has 4 aromatic rings. The number of benzene rings is 2. The molecule has 0 spiro atoms. The Labute approximate surface area is 163 Å². The monoisotopic (exact) mass is 375 g/mol. The Morgan fingerprint density at radius 3 is 2.54 bits per heavy atom. The fourth-order valence-electron chi connectivity index (χ4n) is 3.02. The number of ether oxygens (including phenoxy) is 2. The quantitative estimate of drug-likeness (QED) is 0.564. The van der Waals surface area contributed by atoms with Gasteiger partial charge in [-0.05, 0) is 32.0 Å². The van der Waals surface area contributed by atoms with Crippen LogP contribution in [0.25, 0.3) is 17.2 Å². The van der Waals surface area contributed by atoms with Gasteiger partial charge in [-0.3, -0.25) is 0 Å². The first-order valence-corrected chi connectivity index (χ1v) is 8.88. The highest BCUT2D eigenvalue weighted by atomic mass is 16.5. The fraction of sp³-hybridized carbons (Fsp3) is 0.190. The molecule has 2 aromatic heterocycles. The molecule has 0 unspecified atom stereocenters. The molecule has 0 aliphatic rings. The van der Waals surface area contributed by atoms with E-state index in [0.29, 0.717) is 17.4 Å².